The highest BCUT2D eigenvalue weighted by atomic mass is 127. The lowest BCUT2D eigenvalue weighted by Crippen LogP contribution is -2.50. The molecule has 0 spiro atoms. The van der Waals surface area contributed by atoms with E-state index in [0.717, 1.165) is 9.13 Å². The second-order valence-electron chi connectivity index (χ2n) is 6.21. The topological polar surface area (TPSA) is 58.6 Å². The summed E-state index contributed by atoms with van der Waals surface area (Å²) in [4.78, 5) is 27.0. The minimum atomic E-state index is -0.566. The summed E-state index contributed by atoms with van der Waals surface area (Å²) in [5.74, 6) is 0.208. The summed E-state index contributed by atoms with van der Waals surface area (Å²) in [6, 6.07) is 14.1. The van der Waals surface area contributed by atoms with E-state index in [1.165, 1.54) is 0 Å². The molecule has 28 heavy (non-hydrogen) atoms. The number of halogens is 2. The predicted octanol–water partition coefficient (Wildman–Crippen LogP) is 4.27. The van der Waals surface area contributed by atoms with Crippen LogP contribution in [-0.4, -0.2) is 35.9 Å². The fourth-order valence-electron chi connectivity index (χ4n) is 2.76. The Kier molecular flexibility index (Phi) is 9.05. The fraction of sp³-hybridized carbons (Fsp3) is 0.333. The Hall–Kier alpha value is -1.80. The van der Waals surface area contributed by atoms with Gasteiger partial charge in [0.15, 0.2) is 6.61 Å². The van der Waals surface area contributed by atoms with E-state index in [0.29, 0.717) is 30.3 Å². The van der Waals surface area contributed by atoms with E-state index in [2.05, 4.69) is 27.9 Å². The SMILES string of the molecule is CCNC(=O)C(CC)N(Cc1ccc(Cl)cc1)C(=O)COc1ccc(I)cc1. The molecule has 1 unspecified atom stereocenters. The number of hydrogen-bond donors (Lipinski definition) is 1. The number of hydrogen-bond acceptors (Lipinski definition) is 3. The zero-order chi connectivity index (χ0) is 20.5. The summed E-state index contributed by atoms with van der Waals surface area (Å²) in [7, 11) is 0. The minimum Gasteiger partial charge on any atom is -0.484 e. The number of benzene rings is 2. The molecule has 0 saturated carbocycles. The van der Waals surface area contributed by atoms with Crippen LogP contribution in [0.2, 0.25) is 5.02 Å². The molecule has 0 aliphatic carbocycles. The third kappa shape index (κ3) is 6.67. The quantitative estimate of drug-likeness (QED) is 0.509. The Morgan fingerprint density at radius 3 is 2.32 bits per heavy atom. The summed E-state index contributed by atoms with van der Waals surface area (Å²) in [6.45, 7) is 4.43. The van der Waals surface area contributed by atoms with E-state index < -0.39 is 6.04 Å². The summed E-state index contributed by atoms with van der Waals surface area (Å²) in [5, 5.41) is 3.44. The van der Waals surface area contributed by atoms with Gasteiger partial charge >= 0.3 is 0 Å². The van der Waals surface area contributed by atoms with E-state index in [1.54, 1.807) is 17.0 Å². The van der Waals surface area contributed by atoms with Crippen LogP contribution in [0.1, 0.15) is 25.8 Å². The summed E-state index contributed by atoms with van der Waals surface area (Å²) < 4.78 is 6.73. The van der Waals surface area contributed by atoms with Gasteiger partial charge in [0.2, 0.25) is 5.91 Å². The van der Waals surface area contributed by atoms with Gasteiger partial charge in [-0.2, -0.15) is 0 Å². The molecular formula is C21H24ClIN2O3. The van der Waals surface area contributed by atoms with Crippen molar-refractivity contribution in [3.8, 4) is 5.75 Å². The molecule has 0 saturated heterocycles. The van der Waals surface area contributed by atoms with Crippen LogP contribution in [0.3, 0.4) is 0 Å². The molecule has 0 aromatic heterocycles. The van der Waals surface area contributed by atoms with Crippen LogP contribution in [0.25, 0.3) is 0 Å². The smallest absolute Gasteiger partial charge is 0.261 e. The van der Waals surface area contributed by atoms with Gasteiger partial charge in [0, 0.05) is 21.7 Å². The number of nitrogens with one attached hydrogen (secondary N) is 1. The minimum absolute atomic E-state index is 0.135. The van der Waals surface area contributed by atoms with Gasteiger partial charge in [0.05, 0.1) is 0 Å². The first-order valence-corrected chi connectivity index (χ1v) is 10.6. The Morgan fingerprint density at radius 2 is 1.75 bits per heavy atom. The molecule has 0 aliphatic heterocycles. The molecule has 0 heterocycles. The average molecular weight is 515 g/mol. The lowest BCUT2D eigenvalue weighted by Gasteiger charge is -2.30. The standard InChI is InChI=1S/C21H24ClIN2O3/c1-3-19(21(27)24-4-2)25(13-15-5-7-16(22)8-6-15)20(26)14-28-18-11-9-17(23)10-12-18/h5-12,19H,3-4,13-14H2,1-2H3,(H,24,27). The second-order valence-corrected chi connectivity index (χ2v) is 7.89. The van der Waals surface area contributed by atoms with Gasteiger partial charge in [0.1, 0.15) is 11.8 Å². The van der Waals surface area contributed by atoms with Gasteiger partial charge < -0.3 is 15.0 Å². The maximum absolute atomic E-state index is 13.0. The maximum Gasteiger partial charge on any atom is 0.261 e. The van der Waals surface area contributed by atoms with Crippen molar-refractivity contribution < 1.29 is 14.3 Å². The van der Waals surface area contributed by atoms with Crippen molar-refractivity contribution in [3.63, 3.8) is 0 Å². The Bertz CT molecular complexity index is 781. The van der Waals surface area contributed by atoms with Crippen molar-refractivity contribution in [1.82, 2.24) is 10.2 Å². The van der Waals surface area contributed by atoms with E-state index in [4.69, 9.17) is 16.3 Å². The van der Waals surface area contributed by atoms with Gasteiger partial charge in [-0.25, -0.2) is 0 Å². The third-order valence-corrected chi connectivity index (χ3v) is 5.15. The van der Waals surface area contributed by atoms with Crippen molar-refractivity contribution in [1.29, 1.82) is 0 Å². The molecule has 0 radical (unpaired) electrons. The number of nitrogens with zero attached hydrogens (tertiary/aromatic N) is 1. The molecule has 0 bridgehead atoms. The highest BCUT2D eigenvalue weighted by Gasteiger charge is 2.28. The highest BCUT2D eigenvalue weighted by Crippen LogP contribution is 2.17. The number of carbonyl (C=O) groups is 2. The first-order valence-electron chi connectivity index (χ1n) is 9.14. The zero-order valence-electron chi connectivity index (χ0n) is 16.0. The zero-order valence-corrected chi connectivity index (χ0v) is 18.9. The van der Waals surface area contributed by atoms with Crippen LogP contribution in [0.4, 0.5) is 0 Å². The summed E-state index contributed by atoms with van der Waals surface area (Å²) >= 11 is 8.16. The molecule has 2 amide bonds. The number of ether oxygens (including phenoxy) is 1. The lowest BCUT2D eigenvalue weighted by molar-refractivity contribution is -0.142. The van der Waals surface area contributed by atoms with Crippen molar-refractivity contribution >= 4 is 46.0 Å². The fourth-order valence-corrected chi connectivity index (χ4v) is 3.24. The van der Waals surface area contributed by atoms with Crippen LogP contribution < -0.4 is 10.1 Å². The van der Waals surface area contributed by atoms with Crippen LogP contribution in [0.15, 0.2) is 48.5 Å². The van der Waals surface area contributed by atoms with Crippen molar-refractivity contribution in [2.45, 2.75) is 32.9 Å². The van der Waals surface area contributed by atoms with Crippen LogP contribution in [-0.2, 0) is 16.1 Å². The molecule has 5 nitrogen and oxygen atoms in total. The number of amides is 2. The van der Waals surface area contributed by atoms with E-state index in [-0.39, 0.29) is 18.4 Å². The monoisotopic (exact) mass is 514 g/mol. The second kappa shape index (κ2) is 11.3. The van der Waals surface area contributed by atoms with E-state index in [1.807, 2.05) is 50.2 Å². The van der Waals surface area contributed by atoms with Gasteiger partial charge in [-0.1, -0.05) is 30.7 Å². The number of likely N-dealkylation sites (N-methyl/N-ethyl adjacent to an activating group) is 1. The Labute approximate surface area is 184 Å². The number of carbonyl (C=O) groups excluding carboxylic acids is 2. The highest BCUT2D eigenvalue weighted by molar-refractivity contribution is 14.1. The average Bonchev–Trinajstić information content (AvgIpc) is 2.69. The van der Waals surface area contributed by atoms with E-state index >= 15 is 0 Å². The molecule has 2 aromatic carbocycles. The number of rotatable bonds is 9. The largest absolute Gasteiger partial charge is 0.484 e. The van der Waals surface area contributed by atoms with Gasteiger partial charge in [-0.05, 0) is 77.9 Å². The molecule has 150 valence electrons. The molecule has 0 fully saturated rings. The van der Waals surface area contributed by atoms with Crippen molar-refractivity contribution in [2.24, 2.45) is 0 Å². The Balaban J connectivity index is 2.16. The molecule has 2 rings (SSSR count). The summed E-state index contributed by atoms with van der Waals surface area (Å²) in [6.07, 6.45) is 0.509. The molecule has 7 heteroatoms. The van der Waals surface area contributed by atoms with Gasteiger partial charge in [-0.3, -0.25) is 9.59 Å². The van der Waals surface area contributed by atoms with Crippen molar-refractivity contribution in [2.75, 3.05) is 13.2 Å². The van der Waals surface area contributed by atoms with Gasteiger partial charge in [-0.15, -0.1) is 0 Å². The first-order chi connectivity index (χ1) is 13.4. The third-order valence-electron chi connectivity index (χ3n) is 4.18. The van der Waals surface area contributed by atoms with E-state index in [9.17, 15) is 9.59 Å². The molecule has 0 aliphatic rings. The lowest BCUT2D eigenvalue weighted by atomic mass is 10.1. The first kappa shape index (κ1) is 22.5. The maximum atomic E-state index is 13.0. The molecule has 1 atom stereocenters. The molecule has 2 aromatic rings. The normalized spacial score (nSPS) is 11.6. The Morgan fingerprint density at radius 1 is 1.11 bits per heavy atom. The van der Waals surface area contributed by atoms with Gasteiger partial charge in [0.25, 0.3) is 5.91 Å². The van der Waals surface area contributed by atoms with Crippen molar-refractivity contribution in [3.05, 3.63) is 62.7 Å². The van der Waals surface area contributed by atoms with Crippen LogP contribution in [0, 0.1) is 3.57 Å². The summed E-state index contributed by atoms with van der Waals surface area (Å²) in [5.41, 5.74) is 0.898. The van der Waals surface area contributed by atoms with Crippen LogP contribution >= 0.6 is 34.2 Å². The molecule has 1 N–H and O–H groups in total. The predicted molar refractivity (Wildman–Crippen MR) is 119 cm³/mol. The van der Waals surface area contributed by atoms with Crippen LogP contribution in [0.5, 0.6) is 5.75 Å². The molecular weight excluding hydrogens is 491 g/mol.